The van der Waals surface area contributed by atoms with Gasteiger partial charge in [0.25, 0.3) is 30.4 Å². The minimum Gasteiger partial charge on any atom is -0.750 e. The molecule has 0 spiro atoms. The number of hydrogen-bond acceptors (Lipinski definition) is 35. The summed E-state index contributed by atoms with van der Waals surface area (Å²) in [4.78, 5) is 0. The van der Waals surface area contributed by atoms with Gasteiger partial charge in [-0.3, -0.25) is 4.55 Å². The summed E-state index contributed by atoms with van der Waals surface area (Å²) in [6.45, 7) is -0.340. The Kier molecular flexibility index (Phi) is 109. The molecular weight excluding hydrogens is 1120 g/mol. The van der Waals surface area contributed by atoms with E-state index in [1.807, 2.05) is 0 Å². The number of rotatable bonds is 16. The third-order valence-electron chi connectivity index (χ3n) is 2.97. The number of nitrogens with two attached hydrogens (primary N) is 5. The molecule has 0 aromatic heterocycles. The maximum atomic E-state index is 10.1. The molecule has 1 aliphatic rings. The molecule has 0 aliphatic carbocycles. The van der Waals surface area contributed by atoms with E-state index in [2.05, 4.69) is 25.1 Å². The predicted molar refractivity (Wildman–Crippen MR) is 206 cm³/mol. The molecule has 1 fully saturated rings. The van der Waals surface area contributed by atoms with Crippen molar-refractivity contribution in [1.82, 2.24) is 18.5 Å². The van der Waals surface area contributed by atoms with Crippen LogP contribution in [0.3, 0.4) is 0 Å². The van der Waals surface area contributed by atoms with Crippen LogP contribution in [0.2, 0.25) is 0 Å². The van der Waals surface area contributed by atoms with E-state index in [1.54, 1.807) is 0 Å². The summed E-state index contributed by atoms with van der Waals surface area (Å²) in [7, 11) is -27.5. The Hall–Kier alpha value is 2.92. The van der Waals surface area contributed by atoms with E-state index >= 15 is 0 Å². The molecular formula is C16H57N8Na4O29S8-. The van der Waals surface area contributed by atoms with Gasteiger partial charge in [0.05, 0.1) is 120 Å². The van der Waals surface area contributed by atoms with Crippen LogP contribution in [-0.4, -0.2) is 215 Å². The minimum absolute atomic E-state index is 0. The molecule has 388 valence electrons. The van der Waals surface area contributed by atoms with Crippen LogP contribution in [0.15, 0.2) is 0 Å². The molecule has 49 heteroatoms. The van der Waals surface area contributed by atoms with E-state index in [4.69, 9.17) is 55.5 Å². The van der Waals surface area contributed by atoms with E-state index in [0.29, 0.717) is 0 Å². The summed E-state index contributed by atoms with van der Waals surface area (Å²) in [5, 5.41) is 31.7. The molecule has 37 nitrogen and oxygen atoms in total. The van der Waals surface area contributed by atoms with Gasteiger partial charge in [-0.2, -0.15) is 45.6 Å². The van der Waals surface area contributed by atoms with Gasteiger partial charge in [0, 0.05) is 19.6 Å². The number of hydrogen-bond donors (Lipinski definition) is 14. The number of aliphatic hydroxyl groups excluding tert-OH is 4. The Morgan fingerprint density at radius 1 is 0.477 bits per heavy atom. The second kappa shape index (κ2) is 64.9. The Morgan fingerprint density at radius 3 is 0.662 bits per heavy atom. The van der Waals surface area contributed by atoms with Gasteiger partial charge in [-0.1, -0.05) is 0 Å². The van der Waals surface area contributed by atoms with Crippen LogP contribution in [0.4, 0.5) is 0 Å². The zero-order valence-corrected chi connectivity index (χ0v) is 50.2. The normalized spacial score (nSPS) is 11.3. The zero-order valence-electron chi connectivity index (χ0n) is 35.7. The third-order valence-corrected chi connectivity index (χ3v) is 8.51. The zero-order chi connectivity index (χ0) is 48.5. The van der Waals surface area contributed by atoms with E-state index in [9.17, 15) is 77.1 Å². The van der Waals surface area contributed by atoms with Gasteiger partial charge < -0.3 is 88.1 Å². The summed E-state index contributed by atoms with van der Waals surface area (Å²) < 4.78 is 218. The maximum Gasteiger partial charge on any atom is 1.00 e. The van der Waals surface area contributed by atoms with Crippen molar-refractivity contribution in [2.24, 2.45) is 29.0 Å². The topological polar surface area (TPSA) is 759 Å². The number of epoxide rings is 1. The number of ether oxygens (including phenoxy) is 1. The van der Waals surface area contributed by atoms with Crippen molar-refractivity contribution >= 4 is 82.2 Å². The Morgan fingerprint density at radius 2 is 0.646 bits per heavy atom. The second-order valence-electron chi connectivity index (χ2n) is 8.14. The minimum atomic E-state index is -4.17. The monoisotopic (exact) mass is 1170 g/mol. The largest absolute Gasteiger partial charge is 1.00 e. The van der Waals surface area contributed by atoms with E-state index in [0.717, 1.165) is 13.2 Å². The van der Waals surface area contributed by atoms with Crippen molar-refractivity contribution in [2.45, 2.75) is 0 Å². The van der Waals surface area contributed by atoms with Crippen molar-refractivity contribution in [1.29, 1.82) is 0 Å². The average Bonchev–Trinajstić information content (AvgIpc) is 3.86. The summed E-state index contributed by atoms with van der Waals surface area (Å²) >= 11 is -2.86. The van der Waals surface area contributed by atoms with Crippen molar-refractivity contribution < 1.29 is 247 Å². The molecule has 0 aromatic carbocycles. The molecule has 65 heavy (non-hydrogen) atoms. The van der Waals surface area contributed by atoms with Crippen LogP contribution in [-0.2, 0) is 95.5 Å². The Balaban J connectivity index is -0.0000000331. The SMILES string of the molecule is C1CO1.N.N.N.NCCS(=O)(=O)O.NCCS(=O)(=O)[O-].NCCS(=O)(=O)[O-].NOS(=O)(=O)CCO.NOS(=O)(=O)CCO.O=S(=O)([O-])CCO.O=S(=O)([O-])CCO.O=S([O-])O.[Na+].[Na+].[Na+].[Na+]. The Labute approximate surface area is 470 Å². The molecule has 1 unspecified atom stereocenters. The first-order chi connectivity index (χ1) is 25.8. The molecule has 0 bridgehead atoms. The quantitative estimate of drug-likeness (QED) is 0.0224. The first-order valence-corrected chi connectivity index (χ1v) is 25.7. The van der Waals surface area contributed by atoms with E-state index < -0.39 is 143 Å². The van der Waals surface area contributed by atoms with Gasteiger partial charge in [0.2, 0.25) is 0 Å². The van der Waals surface area contributed by atoms with Gasteiger partial charge in [-0.25, -0.2) is 37.9 Å². The fourth-order valence-corrected chi connectivity index (χ4v) is 2.94. The first-order valence-electron chi connectivity index (χ1n) is 13.6. The molecule has 1 heterocycles. The van der Waals surface area contributed by atoms with Crippen molar-refractivity contribution in [3.63, 3.8) is 0 Å². The van der Waals surface area contributed by atoms with Gasteiger partial charge in [-0.05, 0) is 0 Å². The van der Waals surface area contributed by atoms with Gasteiger partial charge in [-0.15, -0.1) is 0 Å². The van der Waals surface area contributed by atoms with E-state index in [1.165, 1.54) is 0 Å². The average molecular weight is 1170 g/mol. The van der Waals surface area contributed by atoms with Crippen LogP contribution in [0.25, 0.3) is 0 Å². The predicted octanol–water partition coefficient (Wildman–Crippen LogP) is -22.9. The van der Waals surface area contributed by atoms with Gasteiger partial charge in [0.1, 0.15) is 11.5 Å². The molecule has 1 saturated heterocycles. The molecule has 0 saturated carbocycles. The van der Waals surface area contributed by atoms with Gasteiger partial charge >= 0.3 is 118 Å². The van der Waals surface area contributed by atoms with E-state index in [-0.39, 0.29) is 162 Å². The molecule has 0 aromatic rings. The fraction of sp³-hybridized carbons (Fsp3) is 1.00. The van der Waals surface area contributed by atoms with Crippen molar-refractivity contribution in [3.8, 4) is 0 Å². The maximum absolute atomic E-state index is 10.1. The Bertz CT molecular complexity index is 1530. The second-order valence-corrected chi connectivity index (χ2v) is 19.7. The van der Waals surface area contributed by atoms with Crippen LogP contribution in [0, 0.1) is 0 Å². The number of aliphatic hydroxyl groups is 4. The summed E-state index contributed by atoms with van der Waals surface area (Å²) in [5.74, 6) is 5.02. The molecule has 1 atom stereocenters. The van der Waals surface area contributed by atoms with Crippen LogP contribution < -0.4 is 166 Å². The van der Waals surface area contributed by atoms with Crippen LogP contribution in [0.5, 0.6) is 0 Å². The van der Waals surface area contributed by atoms with Crippen molar-refractivity contribution in [2.75, 3.05) is 99.5 Å². The molecule has 0 radical (unpaired) electrons. The molecule has 1 rings (SSSR count). The van der Waals surface area contributed by atoms with Gasteiger partial charge in [0.15, 0.2) is 0 Å². The molecule has 0 amide bonds. The molecule has 25 N–H and O–H groups in total. The summed E-state index contributed by atoms with van der Waals surface area (Å²) in [5.41, 5.74) is 14.2. The van der Waals surface area contributed by atoms with Crippen molar-refractivity contribution in [3.05, 3.63) is 0 Å². The fourth-order valence-electron chi connectivity index (χ4n) is 0.981. The molecule has 1 aliphatic heterocycles. The first kappa shape index (κ1) is 109. The summed E-state index contributed by atoms with van der Waals surface area (Å²) in [6.07, 6.45) is 0. The van der Waals surface area contributed by atoms with Crippen LogP contribution in [0.1, 0.15) is 0 Å². The standard InChI is InChI=1S/2C2H7NO4S.3C2H7NO3S.2C2H6O4S.C2H4O.3H3N.4Na.H2O3S/c2*3-7-8(5,6)2-1-4;5*3-1-2-7(4,5)6;1-2-3-1;;;;;;;;1-4(2)3/h2*4H,1-3H2;3*1-3H2,(H,4,5,6);2*3H,1-2H2,(H,4,5,6);1-2H2;3*1H3;;;;;(H2,1,2,3)/q;;;;;;;;;;;4*+1;/p-5. The smallest absolute Gasteiger partial charge is 0.750 e. The third kappa shape index (κ3) is 196. The summed E-state index contributed by atoms with van der Waals surface area (Å²) in [6, 6.07) is 0. The van der Waals surface area contributed by atoms with Crippen LogP contribution >= 0.6 is 0 Å².